The van der Waals surface area contributed by atoms with Crippen LogP contribution < -0.4 is 0 Å². The molecule has 2 heterocycles. The first-order chi connectivity index (χ1) is 14.8. The van der Waals surface area contributed by atoms with Crippen LogP contribution in [0.2, 0.25) is 5.02 Å². The molecule has 0 bridgehead atoms. The Hall–Kier alpha value is -2.60. The SMILES string of the molecule is Clc1c(-c2nnc(SCCc3ccccc3)n2-c2ccccc2)sc2ccccc12. The topological polar surface area (TPSA) is 30.7 Å². The molecule has 0 aliphatic carbocycles. The molecular formula is C24H18ClN3S2. The van der Waals surface area contributed by atoms with Gasteiger partial charge in [-0.05, 0) is 30.2 Å². The molecule has 0 aliphatic heterocycles. The highest BCUT2D eigenvalue weighted by atomic mass is 35.5. The van der Waals surface area contributed by atoms with Crippen molar-refractivity contribution in [1.29, 1.82) is 0 Å². The maximum atomic E-state index is 6.77. The number of fused-ring (bicyclic) bond motifs is 1. The molecule has 3 nitrogen and oxygen atoms in total. The van der Waals surface area contributed by atoms with Crippen molar-refractivity contribution < 1.29 is 0 Å². The quantitative estimate of drug-likeness (QED) is 0.259. The van der Waals surface area contributed by atoms with Gasteiger partial charge in [0, 0.05) is 21.5 Å². The van der Waals surface area contributed by atoms with Crippen molar-refractivity contribution in [1.82, 2.24) is 14.8 Å². The third kappa shape index (κ3) is 3.76. The average Bonchev–Trinajstić information content (AvgIpc) is 3.36. The predicted octanol–water partition coefficient (Wildman–Crippen LogP) is 7.14. The second-order valence-electron chi connectivity index (χ2n) is 6.80. The van der Waals surface area contributed by atoms with Crippen molar-refractivity contribution in [2.75, 3.05) is 5.75 Å². The molecule has 0 spiro atoms. The average molecular weight is 448 g/mol. The van der Waals surface area contributed by atoms with Crippen molar-refractivity contribution in [3.8, 4) is 16.4 Å². The zero-order chi connectivity index (χ0) is 20.3. The van der Waals surface area contributed by atoms with Crippen LogP contribution in [0, 0.1) is 0 Å². The lowest BCUT2D eigenvalue weighted by atomic mass is 10.2. The van der Waals surface area contributed by atoms with E-state index in [0.717, 1.165) is 48.8 Å². The molecule has 0 unspecified atom stereocenters. The van der Waals surface area contributed by atoms with Crippen LogP contribution in [-0.2, 0) is 6.42 Å². The summed E-state index contributed by atoms with van der Waals surface area (Å²) in [5, 5.41) is 11.8. The Balaban J connectivity index is 1.54. The number of thiophene rings is 1. The monoisotopic (exact) mass is 447 g/mol. The highest BCUT2D eigenvalue weighted by Crippen LogP contribution is 2.42. The fourth-order valence-electron chi connectivity index (χ4n) is 3.38. The Bertz CT molecular complexity index is 1280. The first-order valence-corrected chi connectivity index (χ1v) is 11.8. The van der Waals surface area contributed by atoms with Crippen LogP contribution in [0.4, 0.5) is 0 Å². The van der Waals surface area contributed by atoms with Crippen LogP contribution in [0.5, 0.6) is 0 Å². The molecule has 0 fully saturated rings. The summed E-state index contributed by atoms with van der Waals surface area (Å²) in [6, 6.07) is 28.9. The molecule has 30 heavy (non-hydrogen) atoms. The molecule has 6 heteroatoms. The smallest absolute Gasteiger partial charge is 0.196 e. The summed E-state index contributed by atoms with van der Waals surface area (Å²) in [4.78, 5) is 0.948. The zero-order valence-corrected chi connectivity index (χ0v) is 18.4. The van der Waals surface area contributed by atoms with Gasteiger partial charge in [0.05, 0.1) is 9.90 Å². The molecular weight excluding hydrogens is 430 g/mol. The number of halogens is 1. The van der Waals surface area contributed by atoms with E-state index in [9.17, 15) is 0 Å². The Morgan fingerprint density at radius 1 is 0.833 bits per heavy atom. The minimum Gasteiger partial charge on any atom is -0.269 e. The fraction of sp³-hybridized carbons (Fsp3) is 0.0833. The minimum atomic E-state index is 0.737. The summed E-state index contributed by atoms with van der Waals surface area (Å²) in [6.07, 6.45) is 0.978. The van der Waals surface area contributed by atoms with Crippen molar-refractivity contribution in [2.45, 2.75) is 11.6 Å². The summed E-state index contributed by atoms with van der Waals surface area (Å²) in [7, 11) is 0. The number of hydrogen-bond acceptors (Lipinski definition) is 4. The van der Waals surface area contributed by atoms with Crippen molar-refractivity contribution in [3.63, 3.8) is 0 Å². The molecule has 0 amide bonds. The van der Waals surface area contributed by atoms with Gasteiger partial charge in [-0.25, -0.2) is 0 Å². The number of hydrogen-bond donors (Lipinski definition) is 0. The molecule has 3 aromatic carbocycles. The summed E-state index contributed by atoms with van der Waals surface area (Å²) in [6.45, 7) is 0. The summed E-state index contributed by atoms with van der Waals surface area (Å²) >= 11 is 10.1. The van der Waals surface area contributed by atoms with E-state index < -0.39 is 0 Å². The van der Waals surface area contributed by atoms with Gasteiger partial charge >= 0.3 is 0 Å². The zero-order valence-electron chi connectivity index (χ0n) is 16.0. The van der Waals surface area contributed by atoms with Crippen molar-refractivity contribution in [3.05, 3.63) is 95.5 Å². The Labute approximate surface area is 188 Å². The number of rotatable bonds is 6. The fourth-order valence-corrected chi connectivity index (χ4v) is 5.81. The number of aryl methyl sites for hydroxylation is 1. The predicted molar refractivity (Wildman–Crippen MR) is 128 cm³/mol. The van der Waals surface area contributed by atoms with E-state index in [4.69, 9.17) is 11.6 Å². The minimum absolute atomic E-state index is 0.737. The molecule has 148 valence electrons. The number of aromatic nitrogens is 3. The first kappa shape index (κ1) is 19.4. The van der Waals surface area contributed by atoms with Gasteiger partial charge in [0.25, 0.3) is 0 Å². The summed E-state index contributed by atoms with van der Waals surface area (Å²) in [5.74, 6) is 1.71. The van der Waals surface area contributed by atoms with E-state index in [1.54, 1.807) is 23.1 Å². The molecule has 2 aromatic heterocycles. The molecule has 5 aromatic rings. The molecule has 0 aliphatic rings. The van der Waals surface area contributed by atoms with Crippen LogP contribution in [0.3, 0.4) is 0 Å². The number of benzene rings is 3. The lowest BCUT2D eigenvalue weighted by molar-refractivity contribution is 0.885. The van der Waals surface area contributed by atoms with Gasteiger partial charge in [0.2, 0.25) is 0 Å². The molecule has 5 rings (SSSR count). The molecule has 0 atom stereocenters. The first-order valence-electron chi connectivity index (χ1n) is 9.66. The van der Waals surface area contributed by atoms with Crippen LogP contribution in [0.25, 0.3) is 26.5 Å². The van der Waals surface area contributed by atoms with Gasteiger partial charge in [0.1, 0.15) is 0 Å². The number of para-hydroxylation sites is 1. The number of thioether (sulfide) groups is 1. The van der Waals surface area contributed by atoms with E-state index in [0.29, 0.717) is 0 Å². The normalized spacial score (nSPS) is 11.2. The lowest BCUT2D eigenvalue weighted by Crippen LogP contribution is -2.00. The second-order valence-corrected chi connectivity index (χ2v) is 9.29. The standard InChI is InChI=1S/C24H18ClN3S2/c25-21-19-13-7-8-14-20(19)30-22(21)23-26-27-24(28(23)18-11-5-2-6-12-18)29-16-15-17-9-3-1-4-10-17/h1-14H,15-16H2. The van der Waals surface area contributed by atoms with Gasteiger partial charge in [-0.15, -0.1) is 21.5 Å². The van der Waals surface area contributed by atoms with Gasteiger partial charge in [0.15, 0.2) is 11.0 Å². The lowest BCUT2D eigenvalue weighted by Gasteiger charge is -2.09. The molecule has 0 saturated heterocycles. The molecule has 0 N–H and O–H groups in total. The van der Waals surface area contributed by atoms with Crippen LogP contribution >= 0.6 is 34.7 Å². The third-order valence-corrected chi connectivity index (χ3v) is 7.45. The molecule has 0 radical (unpaired) electrons. The highest BCUT2D eigenvalue weighted by Gasteiger charge is 2.21. The van der Waals surface area contributed by atoms with Crippen molar-refractivity contribution in [2.24, 2.45) is 0 Å². The third-order valence-electron chi connectivity index (χ3n) is 4.85. The van der Waals surface area contributed by atoms with Gasteiger partial charge < -0.3 is 0 Å². The maximum Gasteiger partial charge on any atom is 0.196 e. The largest absolute Gasteiger partial charge is 0.269 e. The second kappa shape index (κ2) is 8.64. The summed E-state index contributed by atoms with van der Waals surface area (Å²) in [5.41, 5.74) is 2.36. The van der Waals surface area contributed by atoms with E-state index >= 15 is 0 Å². The Kier molecular flexibility index (Phi) is 5.58. The van der Waals surface area contributed by atoms with Gasteiger partial charge in [-0.3, -0.25) is 4.57 Å². The van der Waals surface area contributed by atoms with E-state index in [1.807, 2.05) is 36.4 Å². The molecule has 0 saturated carbocycles. The maximum absolute atomic E-state index is 6.77. The van der Waals surface area contributed by atoms with E-state index in [1.165, 1.54) is 5.56 Å². The van der Waals surface area contributed by atoms with Crippen LogP contribution in [0.15, 0.2) is 90.1 Å². The van der Waals surface area contributed by atoms with E-state index in [2.05, 4.69) is 63.3 Å². The van der Waals surface area contributed by atoms with Crippen molar-refractivity contribution >= 4 is 44.8 Å². The highest BCUT2D eigenvalue weighted by molar-refractivity contribution is 7.99. The van der Waals surface area contributed by atoms with Crippen LogP contribution in [-0.4, -0.2) is 20.5 Å². The van der Waals surface area contributed by atoms with Crippen LogP contribution in [0.1, 0.15) is 5.56 Å². The van der Waals surface area contributed by atoms with Gasteiger partial charge in [-0.2, -0.15) is 0 Å². The number of nitrogens with zero attached hydrogens (tertiary/aromatic N) is 3. The summed E-state index contributed by atoms with van der Waals surface area (Å²) < 4.78 is 3.27. The van der Waals surface area contributed by atoms with Gasteiger partial charge in [-0.1, -0.05) is 90.1 Å². The Morgan fingerprint density at radius 3 is 2.30 bits per heavy atom. The van der Waals surface area contributed by atoms with E-state index in [-0.39, 0.29) is 0 Å². The Morgan fingerprint density at radius 2 is 1.53 bits per heavy atom.